The van der Waals surface area contributed by atoms with Crippen molar-refractivity contribution < 1.29 is 9.21 Å². The van der Waals surface area contributed by atoms with Crippen LogP contribution in [0.15, 0.2) is 49.6 Å². The minimum absolute atomic E-state index is 0.00407. The van der Waals surface area contributed by atoms with Crippen molar-refractivity contribution in [3.63, 3.8) is 0 Å². The summed E-state index contributed by atoms with van der Waals surface area (Å²) < 4.78 is 7.19. The number of thioether (sulfide) groups is 1. The smallest absolute Gasteiger partial charge is 0.263 e. The highest BCUT2D eigenvalue weighted by molar-refractivity contribution is 7.99. The first-order valence-corrected chi connectivity index (χ1v) is 13.7. The Bertz CT molecular complexity index is 1320. The average molecular weight is 500 g/mol. The zero-order valence-electron chi connectivity index (χ0n) is 18.6. The van der Waals surface area contributed by atoms with Crippen molar-refractivity contribution in [2.75, 3.05) is 12.8 Å². The number of amides is 1. The lowest BCUT2D eigenvalue weighted by molar-refractivity contribution is -0.127. The van der Waals surface area contributed by atoms with Crippen LogP contribution < -0.4 is 5.56 Å². The Balaban J connectivity index is 1.46. The van der Waals surface area contributed by atoms with E-state index < -0.39 is 0 Å². The summed E-state index contributed by atoms with van der Waals surface area (Å²) in [6.45, 7) is 3.14. The summed E-state index contributed by atoms with van der Waals surface area (Å²) in [4.78, 5) is 35.1. The molecule has 1 aliphatic carbocycles. The van der Waals surface area contributed by atoms with Gasteiger partial charge in [-0.15, -0.1) is 11.3 Å². The Morgan fingerprint density at radius 1 is 1.39 bits per heavy atom. The largest absolute Gasteiger partial charge is 0.467 e. The second-order valence-electron chi connectivity index (χ2n) is 8.57. The van der Waals surface area contributed by atoms with E-state index in [-0.39, 0.29) is 17.2 Å². The van der Waals surface area contributed by atoms with Gasteiger partial charge >= 0.3 is 0 Å². The summed E-state index contributed by atoms with van der Waals surface area (Å²) in [5, 5.41) is 5.37. The molecule has 1 unspecified atom stereocenters. The van der Waals surface area contributed by atoms with E-state index in [4.69, 9.17) is 9.40 Å². The van der Waals surface area contributed by atoms with Crippen LogP contribution in [0.25, 0.3) is 10.2 Å². The van der Waals surface area contributed by atoms with Crippen molar-refractivity contribution in [2.45, 2.75) is 44.4 Å². The first-order valence-electron chi connectivity index (χ1n) is 10.9. The molecule has 0 saturated heterocycles. The molecule has 4 aromatic rings. The van der Waals surface area contributed by atoms with Crippen molar-refractivity contribution in [1.29, 1.82) is 0 Å². The molecule has 5 rings (SSSR count). The SMILES string of the molecule is CC1CCc2c(sc3nc(SCC(=O)N(C)Cc4ccsc4)n(Cc4ccco4)c(=O)c23)C1. The number of aromatic nitrogens is 2. The third kappa shape index (κ3) is 4.67. The standard InChI is InChI=1S/C24H25N3O3S3/c1-15-5-6-18-19(10-15)33-22-21(18)23(29)27(12-17-4-3-8-30-17)24(25-22)32-14-20(28)26(2)11-16-7-9-31-13-16/h3-4,7-9,13,15H,5-6,10-12,14H2,1-2H3. The van der Waals surface area contributed by atoms with E-state index in [0.717, 1.165) is 35.0 Å². The summed E-state index contributed by atoms with van der Waals surface area (Å²) in [7, 11) is 1.81. The van der Waals surface area contributed by atoms with Gasteiger partial charge in [0.05, 0.1) is 23.9 Å². The minimum atomic E-state index is -0.0370. The van der Waals surface area contributed by atoms with Gasteiger partial charge in [-0.25, -0.2) is 4.98 Å². The third-order valence-electron chi connectivity index (χ3n) is 6.02. The normalized spacial score (nSPS) is 15.6. The Kier molecular flexibility index (Phi) is 6.44. The monoisotopic (exact) mass is 499 g/mol. The van der Waals surface area contributed by atoms with Gasteiger partial charge in [0.1, 0.15) is 10.6 Å². The van der Waals surface area contributed by atoms with Crippen LogP contribution in [0.4, 0.5) is 0 Å². The average Bonchev–Trinajstić information content (AvgIpc) is 3.55. The van der Waals surface area contributed by atoms with Gasteiger partial charge in [0.2, 0.25) is 5.91 Å². The molecular weight excluding hydrogens is 474 g/mol. The van der Waals surface area contributed by atoms with Crippen LogP contribution in [0.5, 0.6) is 0 Å². The molecule has 1 amide bonds. The predicted octanol–water partition coefficient (Wildman–Crippen LogP) is 5.04. The minimum Gasteiger partial charge on any atom is -0.467 e. The highest BCUT2D eigenvalue weighted by atomic mass is 32.2. The first-order chi connectivity index (χ1) is 16.0. The van der Waals surface area contributed by atoms with Crippen molar-refractivity contribution in [3.05, 3.63) is 67.3 Å². The molecule has 4 aromatic heterocycles. The van der Waals surface area contributed by atoms with E-state index in [1.54, 1.807) is 38.4 Å². The maximum Gasteiger partial charge on any atom is 0.263 e. The number of hydrogen-bond acceptors (Lipinski definition) is 7. The molecule has 0 N–H and O–H groups in total. The molecule has 0 radical (unpaired) electrons. The fourth-order valence-electron chi connectivity index (χ4n) is 4.19. The molecule has 33 heavy (non-hydrogen) atoms. The third-order valence-corrected chi connectivity index (χ3v) is 8.87. The lowest BCUT2D eigenvalue weighted by Gasteiger charge is -2.18. The summed E-state index contributed by atoms with van der Waals surface area (Å²) in [6.07, 6.45) is 4.63. The van der Waals surface area contributed by atoms with Crippen molar-refractivity contribution >= 4 is 50.6 Å². The van der Waals surface area contributed by atoms with E-state index in [0.29, 0.717) is 29.9 Å². The van der Waals surface area contributed by atoms with E-state index in [1.165, 1.54) is 22.2 Å². The maximum atomic E-state index is 13.7. The molecule has 1 atom stereocenters. The number of carbonyl (C=O) groups excluding carboxylic acids is 1. The van der Waals surface area contributed by atoms with Crippen LogP contribution in [0.1, 0.15) is 35.1 Å². The lowest BCUT2D eigenvalue weighted by Crippen LogP contribution is -2.29. The van der Waals surface area contributed by atoms with E-state index in [1.807, 2.05) is 36.0 Å². The summed E-state index contributed by atoms with van der Waals surface area (Å²) in [5.74, 6) is 1.54. The van der Waals surface area contributed by atoms with E-state index in [9.17, 15) is 9.59 Å². The predicted molar refractivity (Wildman–Crippen MR) is 134 cm³/mol. The molecular formula is C24H25N3O3S3. The van der Waals surface area contributed by atoms with Gasteiger partial charge in [-0.3, -0.25) is 14.2 Å². The fraction of sp³-hybridized carbons (Fsp3) is 0.375. The Morgan fingerprint density at radius 2 is 2.27 bits per heavy atom. The maximum absolute atomic E-state index is 13.7. The number of carbonyl (C=O) groups is 1. The second kappa shape index (κ2) is 9.48. The number of furan rings is 1. The quantitative estimate of drug-likeness (QED) is 0.263. The van der Waals surface area contributed by atoms with Gasteiger partial charge in [-0.05, 0) is 65.3 Å². The molecule has 0 spiro atoms. The molecule has 9 heteroatoms. The molecule has 0 bridgehead atoms. The fourth-order valence-corrected chi connectivity index (χ4v) is 7.22. The Morgan fingerprint density at radius 3 is 3.03 bits per heavy atom. The zero-order chi connectivity index (χ0) is 22.9. The van der Waals surface area contributed by atoms with Crippen LogP contribution >= 0.6 is 34.4 Å². The molecule has 0 saturated carbocycles. The molecule has 4 heterocycles. The van der Waals surface area contributed by atoms with Gasteiger partial charge in [0, 0.05) is 18.5 Å². The highest BCUT2D eigenvalue weighted by Crippen LogP contribution is 2.36. The molecule has 0 fully saturated rings. The van der Waals surface area contributed by atoms with Crippen molar-refractivity contribution in [3.8, 4) is 0 Å². The van der Waals surface area contributed by atoms with Crippen LogP contribution in [-0.4, -0.2) is 33.2 Å². The highest BCUT2D eigenvalue weighted by Gasteiger charge is 2.25. The molecule has 6 nitrogen and oxygen atoms in total. The van der Waals surface area contributed by atoms with Gasteiger partial charge in [0.15, 0.2) is 5.16 Å². The van der Waals surface area contributed by atoms with Crippen LogP contribution in [0.3, 0.4) is 0 Å². The van der Waals surface area contributed by atoms with Crippen molar-refractivity contribution in [2.24, 2.45) is 5.92 Å². The van der Waals surface area contributed by atoms with E-state index in [2.05, 4.69) is 6.92 Å². The number of fused-ring (bicyclic) bond motifs is 3. The topological polar surface area (TPSA) is 68.3 Å². The summed E-state index contributed by atoms with van der Waals surface area (Å²) >= 11 is 4.58. The summed E-state index contributed by atoms with van der Waals surface area (Å²) in [6, 6.07) is 5.70. The molecule has 172 valence electrons. The summed E-state index contributed by atoms with van der Waals surface area (Å²) in [5.41, 5.74) is 2.25. The number of aryl methyl sites for hydroxylation is 1. The van der Waals surface area contributed by atoms with Crippen LogP contribution in [0, 0.1) is 5.92 Å². The van der Waals surface area contributed by atoms with Gasteiger partial charge in [0.25, 0.3) is 5.56 Å². The van der Waals surface area contributed by atoms with Crippen LogP contribution in [0.2, 0.25) is 0 Å². The van der Waals surface area contributed by atoms with Crippen LogP contribution in [-0.2, 0) is 30.7 Å². The molecule has 0 aliphatic heterocycles. The van der Waals surface area contributed by atoms with E-state index >= 15 is 0 Å². The second-order valence-corrected chi connectivity index (χ2v) is 11.4. The molecule has 1 aliphatic rings. The van der Waals surface area contributed by atoms with Crippen molar-refractivity contribution in [1.82, 2.24) is 14.5 Å². The zero-order valence-corrected chi connectivity index (χ0v) is 21.0. The number of thiophene rings is 2. The van der Waals surface area contributed by atoms with Gasteiger partial charge in [-0.1, -0.05) is 18.7 Å². The Labute approximate surface area is 204 Å². The van der Waals surface area contributed by atoms with Gasteiger partial charge in [-0.2, -0.15) is 11.3 Å². The number of rotatable bonds is 7. The Hall–Kier alpha value is -2.36. The lowest BCUT2D eigenvalue weighted by atomic mass is 9.89. The van der Waals surface area contributed by atoms with Gasteiger partial charge < -0.3 is 9.32 Å². The first kappa shape index (κ1) is 22.4. The molecule has 0 aromatic carbocycles. The number of hydrogen-bond donors (Lipinski definition) is 0. The number of nitrogens with zero attached hydrogens (tertiary/aromatic N) is 3.